The quantitative estimate of drug-likeness (QED) is 0.744. The zero-order valence-electron chi connectivity index (χ0n) is 7.24. The lowest BCUT2D eigenvalue weighted by atomic mass is 10.3. The summed E-state index contributed by atoms with van der Waals surface area (Å²) in [4.78, 5) is 0. The Kier molecular flexibility index (Phi) is 2.40. The van der Waals surface area contributed by atoms with E-state index in [2.05, 4.69) is 0 Å². The summed E-state index contributed by atoms with van der Waals surface area (Å²) in [5.74, 6) is 0. The van der Waals surface area contributed by atoms with Crippen molar-refractivity contribution in [2.45, 2.75) is 0 Å². The van der Waals surface area contributed by atoms with Crippen molar-refractivity contribution in [3.8, 4) is 5.69 Å². The Morgan fingerprint density at radius 2 is 1.50 bits per heavy atom. The molecule has 0 spiro atoms. The van der Waals surface area contributed by atoms with Crippen molar-refractivity contribution in [1.82, 2.24) is 4.57 Å². The molecule has 72 valence electrons. The summed E-state index contributed by atoms with van der Waals surface area (Å²) < 4.78 is 1.85. The topological polar surface area (TPSA) is 30.9 Å². The molecule has 0 saturated carbocycles. The average molecular weight is 227 g/mol. The minimum absolute atomic E-state index is 0.547. The molecule has 0 radical (unpaired) electrons. The van der Waals surface area contributed by atoms with Crippen LogP contribution in [0.2, 0.25) is 10.0 Å². The maximum Gasteiger partial charge on any atom is 0.0827 e. The van der Waals surface area contributed by atoms with Gasteiger partial charge in [-0.25, -0.2) is 0 Å². The molecule has 0 bridgehead atoms. The highest BCUT2D eigenvalue weighted by molar-refractivity contribution is 6.38. The summed E-state index contributed by atoms with van der Waals surface area (Å²) in [5, 5.41) is 1.09. The molecule has 0 aliphatic heterocycles. The molecular weight excluding hydrogens is 219 g/mol. The second-order valence-corrected chi connectivity index (χ2v) is 3.74. The van der Waals surface area contributed by atoms with E-state index in [0.29, 0.717) is 15.7 Å². The number of nitrogens with zero attached hydrogens (tertiary/aromatic N) is 1. The molecule has 1 aromatic heterocycles. The van der Waals surface area contributed by atoms with Crippen LogP contribution in [0.1, 0.15) is 0 Å². The summed E-state index contributed by atoms with van der Waals surface area (Å²) in [6.07, 6.45) is 3.76. The third kappa shape index (κ3) is 1.59. The number of halogens is 2. The summed E-state index contributed by atoms with van der Waals surface area (Å²) in [5.41, 5.74) is 6.93. The van der Waals surface area contributed by atoms with Crippen molar-refractivity contribution < 1.29 is 0 Å². The van der Waals surface area contributed by atoms with Crippen LogP contribution in [0.25, 0.3) is 5.69 Å². The number of aromatic nitrogens is 1. The van der Waals surface area contributed by atoms with Gasteiger partial charge in [0.1, 0.15) is 0 Å². The van der Waals surface area contributed by atoms with Crippen LogP contribution in [0.5, 0.6) is 0 Å². The van der Waals surface area contributed by atoms with Gasteiger partial charge in [-0.2, -0.15) is 0 Å². The Bertz CT molecular complexity index is 426. The summed E-state index contributed by atoms with van der Waals surface area (Å²) in [6, 6.07) is 7.18. The molecule has 0 amide bonds. The molecule has 0 aliphatic rings. The number of nitrogens with two attached hydrogens (primary N) is 1. The van der Waals surface area contributed by atoms with E-state index in [4.69, 9.17) is 28.9 Å². The normalized spacial score (nSPS) is 10.4. The van der Waals surface area contributed by atoms with E-state index in [0.717, 1.165) is 5.69 Å². The predicted molar refractivity (Wildman–Crippen MR) is 60.2 cm³/mol. The van der Waals surface area contributed by atoms with Crippen LogP contribution in [-0.2, 0) is 0 Å². The molecule has 2 rings (SSSR count). The lowest BCUT2D eigenvalue weighted by Gasteiger charge is -2.08. The van der Waals surface area contributed by atoms with Crippen LogP contribution in [0.15, 0.2) is 36.7 Å². The van der Waals surface area contributed by atoms with E-state index < -0.39 is 0 Å². The second-order valence-electron chi connectivity index (χ2n) is 2.92. The first-order valence-electron chi connectivity index (χ1n) is 4.06. The average Bonchev–Trinajstić information content (AvgIpc) is 2.54. The van der Waals surface area contributed by atoms with Crippen molar-refractivity contribution in [2.24, 2.45) is 0 Å². The van der Waals surface area contributed by atoms with E-state index in [-0.39, 0.29) is 0 Å². The van der Waals surface area contributed by atoms with Crippen LogP contribution < -0.4 is 5.73 Å². The van der Waals surface area contributed by atoms with Gasteiger partial charge in [-0.05, 0) is 24.3 Å². The first kappa shape index (κ1) is 9.44. The first-order chi connectivity index (χ1) is 6.68. The Morgan fingerprint density at radius 3 is 2.00 bits per heavy atom. The van der Waals surface area contributed by atoms with Gasteiger partial charge in [-0.15, -0.1) is 0 Å². The maximum atomic E-state index is 6.04. The Labute approximate surface area is 91.9 Å². The molecule has 0 saturated heterocycles. The zero-order chi connectivity index (χ0) is 10.1. The van der Waals surface area contributed by atoms with Crippen LogP contribution in [0.3, 0.4) is 0 Å². The van der Waals surface area contributed by atoms with Gasteiger partial charge in [0.15, 0.2) is 0 Å². The lowest BCUT2D eigenvalue weighted by Crippen LogP contribution is -1.94. The van der Waals surface area contributed by atoms with E-state index in [1.165, 1.54) is 0 Å². The van der Waals surface area contributed by atoms with Gasteiger partial charge in [0.2, 0.25) is 0 Å². The minimum atomic E-state index is 0.547. The smallest absolute Gasteiger partial charge is 0.0827 e. The zero-order valence-corrected chi connectivity index (χ0v) is 8.76. The van der Waals surface area contributed by atoms with Gasteiger partial charge in [-0.3, -0.25) is 0 Å². The number of nitrogen functional groups attached to an aromatic ring is 1. The fourth-order valence-corrected chi connectivity index (χ4v) is 2.01. The minimum Gasteiger partial charge on any atom is -0.399 e. The highest BCUT2D eigenvalue weighted by Gasteiger charge is 2.07. The molecule has 2 nitrogen and oxygen atoms in total. The SMILES string of the molecule is Nc1cc(Cl)c(-n2cccc2)c(Cl)c1. The molecule has 14 heavy (non-hydrogen) atoms. The van der Waals surface area contributed by atoms with Crippen LogP contribution >= 0.6 is 23.2 Å². The molecule has 0 aliphatic carbocycles. The second kappa shape index (κ2) is 3.56. The van der Waals surface area contributed by atoms with Gasteiger partial charge in [0, 0.05) is 18.1 Å². The highest BCUT2D eigenvalue weighted by Crippen LogP contribution is 2.31. The molecule has 0 unspecified atom stereocenters. The largest absolute Gasteiger partial charge is 0.399 e. The van der Waals surface area contributed by atoms with Crippen LogP contribution in [-0.4, -0.2) is 4.57 Å². The Morgan fingerprint density at radius 1 is 1.00 bits per heavy atom. The number of rotatable bonds is 1. The molecule has 0 atom stereocenters. The Hall–Kier alpha value is -1.12. The van der Waals surface area contributed by atoms with Gasteiger partial charge in [0.05, 0.1) is 15.7 Å². The molecule has 0 fully saturated rings. The summed E-state index contributed by atoms with van der Waals surface area (Å²) >= 11 is 12.1. The van der Waals surface area contributed by atoms with Crippen molar-refractivity contribution in [2.75, 3.05) is 5.73 Å². The molecule has 4 heteroatoms. The fourth-order valence-electron chi connectivity index (χ4n) is 1.32. The van der Waals surface area contributed by atoms with Gasteiger partial charge in [0.25, 0.3) is 0 Å². The Balaban J connectivity index is 2.64. The van der Waals surface area contributed by atoms with Crippen LogP contribution in [0, 0.1) is 0 Å². The highest BCUT2D eigenvalue weighted by atomic mass is 35.5. The molecule has 1 heterocycles. The van der Waals surface area contributed by atoms with Gasteiger partial charge in [-0.1, -0.05) is 23.2 Å². The monoisotopic (exact) mass is 226 g/mol. The number of benzene rings is 1. The summed E-state index contributed by atoms with van der Waals surface area (Å²) in [6.45, 7) is 0. The van der Waals surface area contributed by atoms with Crippen molar-refractivity contribution >= 4 is 28.9 Å². The number of anilines is 1. The molecule has 1 aromatic carbocycles. The molecule has 2 aromatic rings. The van der Waals surface area contributed by atoms with E-state index in [1.807, 2.05) is 29.1 Å². The first-order valence-corrected chi connectivity index (χ1v) is 4.82. The summed E-state index contributed by atoms with van der Waals surface area (Å²) in [7, 11) is 0. The number of hydrogen-bond donors (Lipinski definition) is 1. The standard InChI is InChI=1S/C10H8Cl2N2/c11-8-5-7(13)6-9(12)10(8)14-3-1-2-4-14/h1-6H,13H2. The van der Waals surface area contributed by atoms with E-state index in [9.17, 15) is 0 Å². The van der Waals surface area contributed by atoms with Gasteiger partial charge >= 0.3 is 0 Å². The lowest BCUT2D eigenvalue weighted by molar-refractivity contribution is 1.08. The van der Waals surface area contributed by atoms with Crippen molar-refractivity contribution in [3.05, 3.63) is 46.7 Å². The van der Waals surface area contributed by atoms with Crippen LogP contribution in [0.4, 0.5) is 5.69 Å². The predicted octanol–water partition coefficient (Wildman–Crippen LogP) is 3.37. The third-order valence-corrected chi connectivity index (χ3v) is 2.48. The fraction of sp³-hybridized carbons (Fsp3) is 0. The van der Waals surface area contributed by atoms with Crippen molar-refractivity contribution in [3.63, 3.8) is 0 Å². The van der Waals surface area contributed by atoms with Crippen molar-refractivity contribution in [1.29, 1.82) is 0 Å². The van der Waals surface area contributed by atoms with E-state index in [1.54, 1.807) is 12.1 Å². The number of hydrogen-bond acceptors (Lipinski definition) is 1. The maximum absolute atomic E-state index is 6.04. The van der Waals surface area contributed by atoms with E-state index >= 15 is 0 Å². The third-order valence-electron chi connectivity index (χ3n) is 1.90. The molecular formula is C10H8Cl2N2. The molecule has 2 N–H and O–H groups in total. The van der Waals surface area contributed by atoms with Gasteiger partial charge < -0.3 is 10.3 Å².